The second-order valence-corrected chi connectivity index (χ2v) is 4.26. The topological polar surface area (TPSA) is 12.0 Å². The third-order valence-electron chi connectivity index (χ3n) is 2.69. The number of para-hydroxylation sites is 1. The first-order valence-corrected chi connectivity index (χ1v) is 5.26. The number of hydrogen-bond donors (Lipinski definition) is 1. The van der Waals surface area contributed by atoms with Gasteiger partial charge in [-0.3, -0.25) is 0 Å². The molecule has 0 radical (unpaired) electrons. The Kier molecular flexibility index (Phi) is 2.32. The molecule has 1 aromatic carbocycles. The van der Waals surface area contributed by atoms with Crippen molar-refractivity contribution in [3.8, 4) is 0 Å². The SMILES string of the molecule is CC1C=Cc2cccc(C(C)C)c2N1. The molecule has 1 heterocycles. The zero-order chi connectivity index (χ0) is 10.1. The van der Waals surface area contributed by atoms with E-state index >= 15 is 0 Å². The largest absolute Gasteiger partial charge is 0.378 e. The van der Waals surface area contributed by atoms with Gasteiger partial charge < -0.3 is 5.32 Å². The van der Waals surface area contributed by atoms with E-state index in [0.717, 1.165) is 0 Å². The number of fused-ring (bicyclic) bond motifs is 1. The fraction of sp³-hybridized carbons (Fsp3) is 0.385. The quantitative estimate of drug-likeness (QED) is 0.707. The molecule has 0 aromatic heterocycles. The molecule has 2 rings (SSSR count). The van der Waals surface area contributed by atoms with Gasteiger partial charge >= 0.3 is 0 Å². The first kappa shape index (κ1) is 9.32. The van der Waals surface area contributed by atoms with Crippen LogP contribution in [0.2, 0.25) is 0 Å². The summed E-state index contributed by atoms with van der Waals surface area (Å²) in [7, 11) is 0. The van der Waals surface area contributed by atoms with Crippen LogP contribution in [0.1, 0.15) is 37.8 Å². The predicted molar refractivity (Wildman–Crippen MR) is 62.6 cm³/mol. The van der Waals surface area contributed by atoms with Crippen LogP contribution < -0.4 is 5.32 Å². The molecule has 1 N–H and O–H groups in total. The molecule has 1 aliphatic rings. The first-order valence-electron chi connectivity index (χ1n) is 5.26. The molecule has 0 bridgehead atoms. The molecule has 1 unspecified atom stereocenters. The van der Waals surface area contributed by atoms with Crippen LogP contribution in [0.5, 0.6) is 0 Å². The van der Waals surface area contributed by atoms with E-state index in [1.165, 1.54) is 16.8 Å². The Hall–Kier alpha value is -1.24. The maximum atomic E-state index is 3.52. The molecule has 1 heteroatoms. The van der Waals surface area contributed by atoms with Crippen LogP contribution in [0, 0.1) is 0 Å². The molecule has 0 amide bonds. The fourth-order valence-electron chi connectivity index (χ4n) is 1.90. The Labute approximate surface area is 85.8 Å². The van der Waals surface area contributed by atoms with Crippen molar-refractivity contribution in [2.24, 2.45) is 0 Å². The standard InChI is InChI=1S/C13H17N/c1-9(2)12-6-4-5-11-8-7-10(3)14-13(11)12/h4-10,14H,1-3H3. The second-order valence-electron chi connectivity index (χ2n) is 4.26. The van der Waals surface area contributed by atoms with E-state index in [9.17, 15) is 0 Å². The normalized spacial score (nSPS) is 19.3. The fourth-order valence-corrected chi connectivity index (χ4v) is 1.90. The van der Waals surface area contributed by atoms with Gasteiger partial charge in [0.05, 0.1) is 0 Å². The van der Waals surface area contributed by atoms with E-state index < -0.39 is 0 Å². The Morgan fingerprint density at radius 2 is 2.07 bits per heavy atom. The predicted octanol–water partition coefficient (Wildman–Crippen LogP) is 3.64. The zero-order valence-corrected chi connectivity index (χ0v) is 9.04. The molecule has 0 aliphatic carbocycles. The monoisotopic (exact) mass is 187 g/mol. The number of nitrogens with one attached hydrogen (secondary N) is 1. The lowest BCUT2D eigenvalue weighted by Gasteiger charge is -2.23. The average Bonchev–Trinajstić information content (AvgIpc) is 2.16. The second kappa shape index (κ2) is 3.49. The molecule has 0 spiro atoms. The summed E-state index contributed by atoms with van der Waals surface area (Å²) in [5.74, 6) is 0.580. The van der Waals surface area contributed by atoms with Gasteiger partial charge in [0.1, 0.15) is 0 Å². The Bertz CT molecular complexity index is 363. The van der Waals surface area contributed by atoms with Crippen molar-refractivity contribution in [3.63, 3.8) is 0 Å². The molecule has 1 aliphatic heterocycles. The number of benzene rings is 1. The van der Waals surface area contributed by atoms with E-state index in [1.807, 2.05) is 0 Å². The molecule has 1 nitrogen and oxygen atoms in total. The van der Waals surface area contributed by atoms with Gasteiger partial charge in [0, 0.05) is 11.7 Å². The lowest BCUT2D eigenvalue weighted by atomic mass is 9.95. The van der Waals surface area contributed by atoms with Crippen molar-refractivity contribution in [1.29, 1.82) is 0 Å². The molecule has 0 saturated heterocycles. The van der Waals surface area contributed by atoms with Gasteiger partial charge in [0.25, 0.3) is 0 Å². The van der Waals surface area contributed by atoms with Crippen LogP contribution >= 0.6 is 0 Å². The Balaban J connectivity index is 2.51. The summed E-state index contributed by atoms with van der Waals surface area (Å²) < 4.78 is 0. The van der Waals surface area contributed by atoms with E-state index in [1.54, 1.807) is 0 Å². The highest BCUT2D eigenvalue weighted by molar-refractivity contribution is 5.74. The van der Waals surface area contributed by atoms with E-state index in [4.69, 9.17) is 0 Å². The minimum atomic E-state index is 0.447. The third kappa shape index (κ3) is 1.54. The summed E-state index contributed by atoms with van der Waals surface area (Å²) in [6.07, 6.45) is 4.41. The number of anilines is 1. The van der Waals surface area contributed by atoms with Crippen molar-refractivity contribution < 1.29 is 0 Å². The summed E-state index contributed by atoms with van der Waals surface area (Å²) in [6, 6.07) is 6.96. The van der Waals surface area contributed by atoms with Gasteiger partial charge in [0.15, 0.2) is 0 Å². The average molecular weight is 187 g/mol. The summed E-state index contributed by atoms with van der Waals surface area (Å²) in [5.41, 5.74) is 4.05. The lowest BCUT2D eigenvalue weighted by Crippen LogP contribution is -2.17. The molecule has 0 fully saturated rings. The molecule has 74 valence electrons. The third-order valence-corrected chi connectivity index (χ3v) is 2.69. The van der Waals surface area contributed by atoms with Gasteiger partial charge in [-0.2, -0.15) is 0 Å². The lowest BCUT2D eigenvalue weighted by molar-refractivity contribution is 0.858. The van der Waals surface area contributed by atoms with E-state index in [0.29, 0.717) is 12.0 Å². The highest BCUT2D eigenvalue weighted by atomic mass is 14.9. The van der Waals surface area contributed by atoms with Crippen LogP contribution in [0.15, 0.2) is 24.3 Å². The highest BCUT2D eigenvalue weighted by Gasteiger charge is 2.13. The molecule has 14 heavy (non-hydrogen) atoms. The summed E-state index contributed by atoms with van der Waals surface area (Å²) in [6.45, 7) is 6.65. The molecule has 1 aromatic rings. The van der Waals surface area contributed by atoms with Gasteiger partial charge in [-0.05, 0) is 24.0 Å². The summed E-state index contributed by atoms with van der Waals surface area (Å²) in [4.78, 5) is 0. The smallest absolute Gasteiger partial charge is 0.0453 e. The number of hydrogen-bond acceptors (Lipinski definition) is 1. The van der Waals surface area contributed by atoms with Crippen molar-refractivity contribution in [3.05, 3.63) is 35.4 Å². The minimum Gasteiger partial charge on any atom is -0.378 e. The van der Waals surface area contributed by atoms with Gasteiger partial charge in [-0.1, -0.05) is 44.2 Å². The van der Waals surface area contributed by atoms with Crippen LogP contribution in [0.25, 0.3) is 6.08 Å². The van der Waals surface area contributed by atoms with Crippen molar-refractivity contribution in [1.82, 2.24) is 0 Å². The molecule has 0 saturated carbocycles. The highest BCUT2D eigenvalue weighted by Crippen LogP contribution is 2.31. The zero-order valence-electron chi connectivity index (χ0n) is 9.04. The van der Waals surface area contributed by atoms with Gasteiger partial charge in [0.2, 0.25) is 0 Å². The van der Waals surface area contributed by atoms with Gasteiger partial charge in [-0.25, -0.2) is 0 Å². The Morgan fingerprint density at radius 3 is 2.79 bits per heavy atom. The van der Waals surface area contributed by atoms with Crippen LogP contribution in [0.4, 0.5) is 5.69 Å². The Morgan fingerprint density at radius 1 is 1.29 bits per heavy atom. The summed E-state index contributed by atoms with van der Waals surface area (Å²) >= 11 is 0. The maximum absolute atomic E-state index is 3.52. The summed E-state index contributed by atoms with van der Waals surface area (Å²) in [5, 5.41) is 3.52. The van der Waals surface area contributed by atoms with Crippen molar-refractivity contribution in [2.75, 3.05) is 5.32 Å². The minimum absolute atomic E-state index is 0.447. The van der Waals surface area contributed by atoms with Crippen molar-refractivity contribution >= 4 is 11.8 Å². The van der Waals surface area contributed by atoms with Crippen LogP contribution in [0.3, 0.4) is 0 Å². The molecular weight excluding hydrogens is 170 g/mol. The maximum Gasteiger partial charge on any atom is 0.0453 e. The van der Waals surface area contributed by atoms with Crippen LogP contribution in [-0.4, -0.2) is 6.04 Å². The molecular formula is C13H17N. The van der Waals surface area contributed by atoms with E-state index in [2.05, 4.69) is 56.4 Å². The number of rotatable bonds is 1. The van der Waals surface area contributed by atoms with Crippen molar-refractivity contribution in [2.45, 2.75) is 32.7 Å². The molecule has 1 atom stereocenters. The van der Waals surface area contributed by atoms with E-state index in [-0.39, 0.29) is 0 Å². The van der Waals surface area contributed by atoms with Gasteiger partial charge in [-0.15, -0.1) is 0 Å². The van der Waals surface area contributed by atoms with Crippen LogP contribution in [-0.2, 0) is 0 Å². The first-order chi connectivity index (χ1) is 6.68.